The van der Waals surface area contributed by atoms with E-state index >= 15 is 0 Å². The van der Waals surface area contributed by atoms with Crippen molar-refractivity contribution >= 4 is 34.6 Å². The molecule has 14 rings (SSSR count). The van der Waals surface area contributed by atoms with Crippen LogP contribution in [0.15, 0.2) is 138 Å². The Morgan fingerprint density at radius 1 is 0.602 bits per heavy atom. The van der Waals surface area contributed by atoms with Crippen molar-refractivity contribution in [1.82, 2.24) is 28.7 Å². The number of fused-ring (bicyclic) bond motifs is 5. The molecule has 502 valence electrons. The first-order chi connectivity index (χ1) is 47.3. The van der Waals surface area contributed by atoms with Crippen LogP contribution in [-0.2, 0) is 84.7 Å². The number of aromatic nitrogens is 6. The molecule has 0 aliphatic carbocycles. The zero-order chi connectivity index (χ0) is 74.6. The number of phosphoric acid groups is 2. The van der Waals surface area contributed by atoms with Crippen molar-refractivity contribution in [3.05, 3.63) is 189 Å². The molecule has 0 radical (unpaired) electrons. The summed E-state index contributed by atoms with van der Waals surface area (Å²) >= 11 is 5.66. The molecule has 11 heterocycles. The maximum atomic E-state index is 13.2. The summed E-state index contributed by atoms with van der Waals surface area (Å²) in [6.07, 6.45) is -10.7. The van der Waals surface area contributed by atoms with Crippen LogP contribution in [0.1, 0.15) is 96.2 Å². The third-order valence-corrected chi connectivity index (χ3v) is 18.6. The van der Waals surface area contributed by atoms with E-state index in [1.807, 2.05) is 39.2 Å². The highest BCUT2D eigenvalue weighted by Gasteiger charge is 2.66. The zero-order valence-corrected chi connectivity index (χ0v) is 53.2. The molecule has 3 unspecified atom stereocenters. The van der Waals surface area contributed by atoms with Gasteiger partial charge in [0.25, 0.3) is 16.7 Å². The molecule has 15 atom stereocenters. The number of phosphoric ester groups is 2. The molecule has 8 aliphatic rings. The van der Waals surface area contributed by atoms with Crippen LogP contribution in [0.25, 0.3) is 0 Å². The number of nitrogens with one attached hydrogen (secondary N) is 3. The van der Waals surface area contributed by atoms with Crippen molar-refractivity contribution in [3.63, 3.8) is 0 Å². The summed E-state index contributed by atoms with van der Waals surface area (Å²) in [5.41, 5.74) is -8.34. The summed E-state index contributed by atoms with van der Waals surface area (Å²) in [5.74, 6) is -1.07. The van der Waals surface area contributed by atoms with E-state index in [0.29, 0.717) is 22.3 Å². The van der Waals surface area contributed by atoms with Gasteiger partial charge in [-0.25, -0.2) is 23.5 Å². The monoisotopic (exact) mass is 1390 g/mol. The number of hydrogen-bond acceptors (Lipinski definition) is 26. The predicted molar refractivity (Wildman–Crippen MR) is 322 cm³/mol. The van der Waals surface area contributed by atoms with E-state index in [1.165, 1.54) is 6.07 Å². The lowest BCUT2D eigenvalue weighted by Gasteiger charge is -2.30. The molecule has 36 heteroatoms. The van der Waals surface area contributed by atoms with Crippen LogP contribution >= 0.6 is 34.6 Å². The fraction of sp³-hybridized carbons (Fsp3) is 0.474. The first kappa shape index (κ1) is 57.0. The molecule has 0 amide bonds. The van der Waals surface area contributed by atoms with Crippen molar-refractivity contribution in [1.29, 1.82) is 0 Å². The second-order valence-electron chi connectivity index (χ2n) is 22.7. The third kappa shape index (κ3) is 14.3. The van der Waals surface area contributed by atoms with Crippen molar-refractivity contribution in [2.75, 3.05) is 19.7 Å². The minimum absolute atomic E-state index is 0.121. The molecule has 0 bridgehead atoms. The minimum atomic E-state index is -4.50. The molecule has 5 saturated heterocycles. The van der Waals surface area contributed by atoms with Crippen LogP contribution in [0.4, 0.5) is 0 Å². The number of halogens is 1. The summed E-state index contributed by atoms with van der Waals surface area (Å²) in [6, 6.07) is 19.3. The average Bonchev–Trinajstić information content (AvgIpc) is 1.56. The number of aromatic amines is 3. The minimum Gasteiger partial charge on any atom is -0.436 e. The van der Waals surface area contributed by atoms with Crippen LogP contribution in [0.2, 0.25) is 0 Å². The van der Waals surface area contributed by atoms with Crippen molar-refractivity contribution in [2.45, 2.75) is 152 Å². The normalized spacial score (nSPS) is 35.6. The maximum Gasteiger partial charge on any atom is 0.530 e. The topological polar surface area (TPSA) is 398 Å². The Bertz CT molecular complexity index is 4700. The second kappa shape index (κ2) is 26.4. The number of para-hydroxylation sites is 3. The Labute approximate surface area is 545 Å². The van der Waals surface area contributed by atoms with E-state index in [2.05, 4.69) is 0 Å². The Balaban J connectivity index is 0.000000144. The van der Waals surface area contributed by atoms with E-state index in [0.717, 1.165) is 46.0 Å². The second-order valence-corrected chi connectivity index (χ2v) is 27.5. The molecule has 5 fully saturated rings. The number of H-pyrrole nitrogens is 3. The maximum absolute atomic E-state index is 13.2. The van der Waals surface area contributed by atoms with Crippen molar-refractivity contribution in [2.24, 2.45) is 0 Å². The van der Waals surface area contributed by atoms with E-state index in [4.69, 9.17) is 92.9 Å². The van der Waals surface area contributed by atoms with Crippen LogP contribution in [0.5, 0.6) is 17.2 Å². The Kier molecular flexibility index (Phi) is 16.1. The Morgan fingerprint density at radius 3 is 1.45 bits per heavy atom. The van der Waals surface area contributed by atoms with Crippen LogP contribution in [0, 0.1) is 0 Å². The number of aliphatic hydroxyl groups is 3. The summed E-state index contributed by atoms with van der Waals surface area (Å²) in [6.45, 7) is 2.24. The van der Waals surface area contributed by atoms with Gasteiger partial charge in [0.15, 0.2) is 30.3 Å². The van der Waals surface area contributed by atoms with Crippen LogP contribution < -0.4 is 47.3 Å². The van der Waals surface area contributed by atoms with E-state index < -0.39 is 179 Å². The average molecular weight is 1390 g/mol. The summed E-state index contributed by atoms with van der Waals surface area (Å²) in [4.78, 5) is 77.2. The molecule has 6 aromatic rings. The predicted octanol–water partition coefficient (Wildman–Crippen LogP) is 4.76. The Hall–Kier alpha value is -6.32. The molecule has 93 heavy (non-hydrogen) atoms. The number of hydrogen-bond donors (Lipinski definition) is 6. The highest BCUT2D eigenvalue weighted by atomic mass is 35.7. The fourth-order valence-corrected chi connectivity index (χ4v) is 14.1. The van der Waals surface area contributed by atoms with Gasteiger partial charge >= 0.3 is 40.4 Å². The quantitative estimate of drug-likeness (QED) is 0.101. The van der Waals surface area contributed by atoms with E-state index in [1.54, 1.807) is 84.0 Å². The van der Waals surface area contributed by atoms with Gasteiger partial charge in [0, 0.05) is 53.4 Å². The third-order valence-electron chi connectivity index (χ3n) is 15.0. The number of aliphatic hydroxyl groups excluding tert-OH is 1. The van der Waals surface area contributed by atoms with Gasteiger partial charge in [0.2, 0.25) is 0 Å². The lowest BCUT2D eigenvalue weighted by atomic mass is 9.96. The highest BCUT2D eigenvalue weighted by molar-refractivity contribution is 7.76. The molecule has 3 aromatic carbocycles. The van der Waals surface area contributed by atoms with Gasteiger partial charge in [-0.3, -0.25) is 61.1 Å². The summed E-state index contributed by atoms with van der Waals surface area (Å²) in [5, 5.41) is 31.1. The van der Waals surface area contributed by atoms with Gasteiger partial charge in [0.1, 0.15) is 70.7 Å². The molecule has 6 N–H and O–H groups in total. The lowest BCUT2D eigenvalue weighted by Crippen LogP contribution is -2.46. The lowest BCUT2D eigenvalue weighted by molar-refractivity contribution is -0.218. The summed E-state index contributed by atoms with van der Waals surface area (Å²) in [7, 11) is -10.1. The molecule has 32 nitrogen and oxygen atoms in total. The van der Waals surface area contributed by atoms with Crippen LogP contribution in [-0.4, -0.2) is 129 Å². The number of benzene rings is 3. The van der Waals surface area contributed by atoms with Crippen LogP contribution in [0.3, 0.4) is 0 Å². The van der Waals surface area contributed by atoms with Gasteiger partial charge in [-0.2, -0.15) is 0 Å². The van der Waals surface area contributed by atoms with Crippen molar-refractivity contribution < 1.29 is 106 Å². The molecule has 3 aromatic heterocycles. The first-order valence-electron chi connectivity index (χ1n) is 32.4. The standard InChI is InChI=1S/C20H23N2O9P.C17H19N2O9P.C13H18N2O6.C7H6ClO2P/c1-19(2)29-16-14(11-27-32(25)26-10-12-6-4-5-7-13(12)30-32)28-17(20(16,3)31-19)22-9-8-15(23)21-18(22)24;1-17(23)14(21)12(27-15(17)19-7-6-13(20)18-16(19)22)9-26-29(24)25-8-10-4-2-3-5-11(10)28-29;1-12(2)20-9-7(6-16)19-10(13(9,3)21-12)15-5-4-8(17)14-11(15)18;8-11-9-5-6-3-1-2-4-7(6)10-11/h4-9,14,16-17H,10-11H2,1-3H3,(H,21,23,24);2-7,12,14-15,21,23H,8-9H2,1H3,(H,18,20,22);4-5,7,9-10,16H,6H2,1-3H3,(H,14,17,18);1-4H,5H2/t14-,16-,17-,20-,32?;12-,14-,15-,17-,29?;7-,9-,10-,13-;/m111./s1/i8D,11D2;6D,9D2;4D,6D2;. The van der Waals surface area contributed by atoms with Gasteiger partial charge < -0.3 is 66.6 Å². The smallest absolute Gasteiger partial charge is 0.436 e. The van der Waals surface area contributed by atoms with E-state index in [9.17, 15) is 53.2 Å². The van der Waals surface area contributed by atoms with Gasteiger partial charge in [0.05, 0.1) is 51.8 Å². The zero-order valence-electron chi connectivity index (χ0n) is 58.8. The Morgan fingerprint density at radius 2 is 0.989 bits per heavy atom. The first-order valence-corrected chi connectivity index (χ1v) is 32.9. The van der Waals surface area contributed by atoms with E-state index in [-0.39, 0.29) is 24.7 Å². The number of rotatable bonds is 10. The van der Waals surface area contributed by atoms with Crippen molar-refractivity contribution in [3.8, 4) is 17.2 Å². The molecular formula is C57H66ClN6O26P3. The number of nitrogens with zero attached hydrogens (tertiary/aromatic N) is 3. The molecule has 8 aliphatic heterocycles. The molecular weight excluding hydrogens is 1310 g/mol. The van der Waals surface area contributed by atoms with Gasteiger partial charge in [-0.05, 0) is 77.9 Å². The SMILES string of the molecule is ClP1OCc2ccccc2O1.[2H]c1cn([C@@H]2O[C@H](C([2H])([2H])O)[C@H]3OC(C)(C)O[C@]32C)c(=O)[nH]c1=O.[2H]c1cn([C@@H]2O[C@H](C([2H])([2H])OP3(=O)OCc4ccccc4O3)[C@@H](O)[C@@]2(C)O)c(=O)[nH]c1=O.[2H]c1cn([C@@H]2O[C@H](C([2H])([2H])OP3(=O)OCc4ccccc4O3)[C@H]3OC(C)(C)O[C@]32C)c(=O)[nH]c1=O. The largest absolute Gasteiger partial charge is 0.530 e. The van der Waals surface area contributed by atoms with Gasteiger partial charge in [-0.1, -0.05) is 54.6 Å². The van der Waals surface area contributed by atoms with Gasteiger partial charge in [-0.15, -0.1) is 0 Å². The summed E-state index contributed by atoms with van der Waals surface area (Å²) < 4.78 is 182. The number of ether oxygens (including phenoxy) is 7. The highest BCUT2D eigenvalue weighted by Crippen LogP contribution is 2.58. The molecule has 0 saturated carbocycles. The molecule has 0 spiro atoms. The fourth-order valence-electron chi connectivity index (χ4n) is 10.9.